The number of anilines is 2. The molecule has 0 atom stereocenters. The number of nitrogens with one attached hydrogen (secondary N) is 1. The summed E-state index contributed by atoms with van der Waals surface area (Å²) in [5, 5.41) is 12.1. The van der Waals surface area contributed by atoms with Crippen molar-refractivity contribution >= 4 is 28.5 Å². The van der Waals surface area contributed by atoms with Gasteiger partial charge in [0.15, 0.2) is 17.3 Å². The first-order chi connectivity index (χ1) is 14.3. The lowest BCUT2D eigenvalue weighted by Gasteiger charge is -2.29. The highest BCUT2D eigenvalue weighted by atomic mass is 19.1. The molecule has 4 N–H and O–H groups in total. The Labute approximate surface area is 167 Å². The minimum absolute atomic E-state index is 0.0595. The molecule has 1 aliphatic heterocycles. The molecule has 1 aliphatic rings. The summed E-state index contributed by atoms with van der Waals surface area (Å²) < 4.78 is 43.9. The van der Waals surface area contributed by atoms with E-state index in [4.69, 9.17) is 5.73 Å². The summed E-state index contributed by atoms with van der Waals surface area (Å²) in [6.07, 6.45) is 0.870. The van der Waals surface area contributed by atoms with Crippen LogP contribution in [0.15, 0.2) is 29.2 Å². The van der Waals surface area contributed by atoms with Crippen LogP contribution in [0.1, 0.15) is 10.4 Å². The van der Waals surface area contributed by atoms with Crippen molar-refractivity contribution in [3.8, 4) is 5.69 Å². The van der Waals surface area contributed by atoms with Gasteiger partial charge in [0.2, 0.25) is 5.43 Å². The van der Waals surface area contributed by atoms with Crippen LogP contribution in [-0.4, -0.2) is 46.8 Å². The Morgan fingerprint density at radius 1 is 1.10 bits per heavy atom. The van der Waals surface area contributed by atoms with Crippen LogP contribution in [0, 0.1) is 17.5 Å². The van der Waals surface area contributed by atoms with Crippen LogP contribution >= 0.6 is 0 Å². The first-order valence-electron chi connectivity index (χ1n) is 8.97. The largest absolute Gasteiger partial charge is 0.477 e. The number of carbonyl (C=O) groups is 1. The molecule has 3 aromatic rings. The molecule has 0 radical (unpaired) electrons. The van der Waals surface area contributed by atoms with Crippen molar-refractivity contribution in [3.05, 3.63) is 57.6 Å². The molecule has 0 spiro atoms. The number of fused-ring (bicyclic) bond motifs is 1. The average Bonchev–Trinajstić information content (AvgIpc) is 2.71. The predicted molar refractivity (Wildman–Crippen MR) is 104 cm³/mol. The average molecular weight is 419 g/mol. The fraction of sp³-hybridized carbons (Fsp3) is 0.211. The number of hydrogen-bond donors (Lipinski definition) is 3. The van der Waals surface area contributed by atoms with Gasteiger partial charge in [0.1, 0.15) is 17.2 Å². The number of nitrogens with zero attached hydrogens (tertiary/aromatic N) is 3. The SMILES string of the molecule is Nc1cc(-n2cc(C(=O)O)c(=O)c3cc(F)c(N4CCNCC4)nc32)c(F)cc1F. The van der Waals surface area contributed by atoms with E-state index in [1.807, 2.05) is 0 Å². The minimum Gasteiger partial charge on any atom is -0.477 e. The van der Waals surface area contributed by atoms with Gasteiger partial charge < -0.3 is 21.1 Å². The number of nitrogens with two attached hydrogens (primary N) is 1. The molecule has 3 heterocycles. The van der Waals surface area contributed by atoms with Crippen LogP contribution in [-0.2, 0) is 0 Å². The third kappa shape index (κ3) is 3.22. The van der Waals surface area contributed by atoms with Crippen molar-refractivity contribution in [1.29, 1.82) is 0 Å². The monoisotopic (exact) mass is 419 g/mol. The van der Waals surface area contributed by atoms with Crippen molar-refractivity contribution in [1.82, 2.24) is 14.9 Å². The number of pyridine rings is 2. The van der Waals surface area contributed by atoms with Gasteiger partial charge in [-0.1, -0.05) is 0 Å². The van der Waals surface area contributed by atoms with E-state index in [1.54, 1.807) is 4.90 Å². The van der Waals surface area contributed by atoms with Crippen molar-refractivity contribution in [2.75, 3.05) is 36.8 Å². The lowest BCUT2D eigenvalue weighted by atomic mass is 10.1. The molecule has 1 saturated heterocycles. The van der Waals surface area contributed by atoms with Crippen LogP contribution in [0.4, 0.5) is 24.7 Å². The molecule has 30 heavy (non-hydrogen) atoms. The number of piperazine rings is 1. The zero-order chi connectivity index (χ0) is 21.6. The number of aromatic carboxylic acids is 1. The van der Waals surface area contributed by atoms with Crippen molar-refractivity contribution < 1.29 is 23.1 Å². The van der Waals surface area contributed by atoms with Crippen LogP contribution in [0.3, 0.4) is 0 Å². The second-order valence-corrected chi connectivity index (χ2v) is 6.77. The van der Waals surface area contributed by atoms with Gasteiger partial charge in [0, 0.05) is 38.4 Å². The molecule has 1 fully saturated rings. The molecule has 8 nitrogen and oxygen atoms in total. The number of rotatable bonds is 3. The zero-order valence-corrected chi connectivity index (χ0v) is 15.5. The summed E-state index contributed by atoms with van der Waals surface area (Å²) in [7, 11) is 0. The Bertz CT molecular complexity index is 1240. The second-order valence-electron chi connectivity index (χ2n) is 6.77. The summed E-state index contributed by atoms with van der Waals surface area (Å²) in [6.45, 7) is 2.08. The van der Waals surface area contributed by atoms with Crippen molar-refractivity contribution in [2.45, 2.75) is 0 Å². The normalized spacial score (nSPS) is 14.3. The zero-order valence-electron chi connectivity index (χ0n) is 15.5. The standard InChI is InChI=1S/C19H16F3N5O3/c20-11-6-12(21)15(7-14(11)23)27-8-10(19(29)30)16(28)9-5-13(22)18(25-17(9)27)26-3-1-24-2-4-26/h5-8,24H,1-4,23H2,(H,29,30). The fourth-order valence-corrected chi connectivity index (χ4v) is 3.39. The third-order valence-electron chi connectivity index (χ3n) is 4.89. The number of carboxylic acids is 1. The topological polar surface area (TPSA) is 113 Å². The van der Waals surface area contributed by atoms with Crippen molar-refractivity contribution in [2.24, 2.45) is 0 Å². The summed E-state index contributed by atoms with van der Waals surface area (Å²) in [5.74, 6) is -4.51. The van der Waals surface area contributed by atoms with E-state index >= 15 is 0 Å². The van der Waals surface area contributed by atoms with E-state index in [9.17, 15) is 27.9 Å². The lowest BCUT2D eigenvalue weighted by molar-refractivity contribution is 0.0695. The molecule has 11 heteroatoms. The Morgan fingerprint density at radius 2 is 1.80 bits per heavy atom. The van der Waals surface area contributed by atoms with E-state index in [1.165, 1.54) is 0 Å². The summed E-state index contributed by atoms with van der Waals surface area (Å²) in [5.41, 5.74) is 2.96. The molecule has 0 aliphatic carbocycles. The van der Waals surface area contributed by atoms with Gasteiger partial charge in [0.25, 0.3) is 0 Å². The van der Waals surface area contributed by atoms with Gasteiger partial charge in [-0.3, -0.25) is 9.36 Å². The Kier molecular flexibility index (Phi) is 4.82. The third-order valence-corrected chi connectivity index (χ3v) is 4.89. The number of benzene rings is 1. The van der Waals surface area contributed by atoms with E-state index in [2.05, 4.69) is 10.3 Å². The molecule has 156 valence electrons. The smallest absolute Gasteiger partial charge is 0.341 e. The maximum absolute atomic E-state index is 14.8. The molecule has 0 saturated carbocycles. The number of halogens is 3. The first kappa shape index (κ1) is 19.7. The van der Waals surface area contributed by atoms with Gasteiger partial charge in [-0.05, 0) is 12.1 Å². The maximum atomic E-state index is 14.8. The number of aromatic nitrogens is 2. The van der Waals surface area contributed by atoms with Crippen LogP contribution in [0.2, 0.25) is 0 Å². The lowest BCUT2D eigenvalue weighted by Crippen LogP contribution is -2.44. The number of nitrogen functional groups attached to an aromatic ring is 1. The molecule has 0 bridgehead atoms. The quantitative estimate of drug-likeness (QED) is 0.552. The number of hydrogen-bond acceptors (Lipinski definition) is 6. The van der Waals surface area contributed by atoms with E-state index in [-0.39, 0.29) is 28.2 Å². The predicted octanol–water partition coefficient (Wildman–Crippen LogP) is 1.49. The van der Waals surface area contributed by atoms with Crippen LogP contribution in [0.5, 0.6) is 0 Å². The van der Waals surface area contributed by atoms with Crippen LogP contribution in [0.25, 0.3) is 16.7 Å². The molecule has 2 aromatic heterocycles. The number of carboxylic acid groups (broad SMARTS) is 1. The Morgan fingerprint density at radius 3 is 2.47 bits per heavy atom. The van der Waals surface area contributed by atoms with Gasteiger partial charge in [-0.2, -0.15) is 0 Å². The fourth-order valence-electron chi connectivity index (χ4n) is 3.39. The summed E-state index contributed by atoms with van der Waals surface area (Å²) in [4.78, 5) is 30.0. The van der Waals surface area contributed by atoms with Gasteiger partial charge in [-0.25, -0.2) is 22.9 Å². The maximum Gasteiger partial charge on any atom is 0.341 e. The molecular weight excluding hydrogens is 403 g/mol. The minimum atomic E-state index is -1.59. The van der Waals surface area contributed by atoms with Crippen molar-refractivity contribution in [3.63, 3.8) is 0 Å². The summed E-state index contributed by atoms with van der Waals surface area (Å²) in [6, 6.07) is 2.38. The van der Waals surface area contributed by atoms with E-state index < -0.39 is 34.4 Å². The van der Waals surface area contributed by atoms with Gasteiger partial charge >= 0.3 is 5.97 Å². The first-order valence-corrected chi connectivity index (χ1v) is 8.97. The highest BCUT2D eigenvalue weighted by Crippen LogP contribution is 2.26. The highest BCUT2D eigenvalue weighted by molar-refractivity contribution is 5.92. The molecular formula is C19H16F3N5O3. The van der Waals surface area contributed by atoms with Gasteiger partial charge in [-0.15, -0.1) is 0 Å². The Balaban J connectivity index is 2.07. The Hall–Kier alpha value is -3.60. The van der Waals surface area contributed by atoms with Crippen LogP contribution < -0.4 is 21.4 Å². The molecule has 0 unspecified atom stereocenters. The van der Waals surface area contributed by atoms with Gasteiger partial charge in [0.05, 0.1) is 16.8 Å². The van der Waals surface area contributed by atoms with E-state index in [0.717, 1.165) is 22.9 Å². The summed E-state index contributed by atoms with van der Waals surface area (Å²) >= 11 is 0. The highest BCUT2D eigenvalue weighted by Gasteiger charge is 2.23. The molecule has 0 amide bonds. The second kappa shape index (κ2) is 7.34. The molecule has 1 aromatic carbocycles. The van der Waals surface area contributed by atoms with E-state index in [0.29, 0.717) is 32.2 Å². The molecule has 4 rings (SSSR count).